The van der Waals surface area contributed by atoms with Crippen molar-refractivity contribution in [2.75, 3.05) is 18.8 Å². The number of fused-ring (bicyclic) bond motifs is 1. The second kappa shape index (κ2) is 8.14. The molecule has 6 nitrogen and oxygen atoms in total. The highest BCUT2D eigenvalue weighted by atomic mass is 16.3. The lowest BCUT2D eigenvalue weighted by molar-refractivity contribution is 0.0687. The third-order valence-electron chi connectivity index (χ3n) is 8.05. The number of nitrogen functional groups attached to an aromatic ring is 1. The number of rotatable bonds is 5. The highest BCUT2D eigenvalue weighted by Gasteiger charge is 2.60. The monoisotopic (exact) mass is 444 g/mol. The Morgan fingerprint density at radius 2 is 1.94 bits per heavy atom. The zero-order valence-corrected chi connectivity index (χ0v) is 19.6. The summed E-state index contributed by atoms with van der Waals surface area (Å²) in [6, 6.07) is 11.1. The van der Waals surface area contributed by atoms with E-state index < -0.39 is 5.50 Å². The van der Waals surface area contributed by atoms with Crippen LogP contribution in [0.1, 0.15) is 61.9 Å². The second-order valence-corrected chi connectivity index (χ2v) is 10.7. The van der Waals surface area contributed by atoms with E-state index in [0.29, 0.717) is 42.7 Å². The van der Waals surface area contributed by atoms with Crippen molar-refractivity contribution in [3.8, 4) is 11.1 Å². The maximum Gasteiger partial charge on any atom is 0.255 e. The minimum Gasteiger partial charge on any atom is -0.400 e. The predicted octanol–water partition coefficient (Wildman–Crippen LogP) is 2.84. The first-order valence-electron chi connectivity index (χ1n) is 12.1. The minimum absolute atomic E-state index is 0.0220. The molecule has 1 aromatic carbocycles. The molecule has 1 aliphatic heterocycles. The number of hydrogen-bond donors (Lipinski definition) is 3. The molecule has 7 heteroatoms. The average molecular weight is 444 g/mol. The molecule has 2 atom stereocenters. The van der Waals surface area contributed by atoms with Crippen LogP contribution in [-0.4, -0.2) is 59.4 Å². The summed E-state index contributed by atoms with van der Waals surface area (Å²) in [7, 11) is 5.78. The molecule has 2 aromatic rings. The summed E-state index contributed by atoms with van der Waals surface area (Å²) in [5, 5.41) is 13.0. The number of amides is 1. The number of hydrogen-bond acceptors (Lipinski definition) is 5. The molecular formula is C26H33BN4O2. The SMILES string of the molecule is [B]C1(O)CCC(NC(=O)c2cc(-c3ccc([C@]45C[C@H]4CN(C(C)C)C5)cc3)cnc2N)CC1. The van der Waals surface area contributed by atoms with Crippen molar-refractivity contribution >= 4 is 19.6 Å². The average Bonchev–Trinajstić information content (AvgIpc) is 3.36. The van der Waals surface area contributed by atoms with Crippen molar-refractivity contribution in [1.82, 2.24) is 15.2 Å². The lowest BCUT2D eigenvalue weighted by Crippen LogP contribution is -2.43. The highest BCUT2D eigenvalue weighted by Crippen LogP contribution is 2.59. The van der Waals surface area contributed by atoms with Crippen LogP contribution in [0.25, 0.3) is 11.1 Å². The lowest BCUT2D eigenvalue weighted by atomic mass is 9.69. The molecule has 0 spiro atoms. The van der Waals surface area contributed by atoms with Crippen LogP contribution in [0.15, 0.2) is 36.5 Å². The third-order valence-corrected chi connectivity index (χ3v) is 8.05. The standard InChI is InChI=1S/C26H33BN4O2/c1-16(2)31-14-20-12-25(20,15-31)19-5-3-17(4-6-19)18-11-22(23(28)29-13-18)24(32)30-21-7-9-26(27,33)10-8-21/h3-6,11,13,16,20-21,33H,7-10,12,14-15H2,1-2H3,(H2,28,29)(H,30,32)/t20-,21?,25+,26?/m0/s1. The number of likely N-dealkylation sites (tertiary alicyclic amines) is 1. The predicted molar refractivity (Wildman–Crippen MR) is 131 cm³/mol. The summed E-state index contributed by atoms with van der Waals surface area (Å²) in [5.41, 5.74) is 8.94. The first-order chi connectivity index (χ1) is 15.7. The van der Waals surface area contributed by atoms with E-state index in [1.807, 2.05) is 6.07 Å². The number of piperidine rings is 1. The van der Waals surface area contributed by atoms with E-state index in [-0.39, 0.29) is 17.8 Å². The van der Waals surface area contributed by atoms with Gasteiger partial charge in [-0.1, -0.05) is 24.3 Å². The molecule has 172 valence electrons. The van der Waals surface area contributed by atoms with Crippen LogP contribution in [0.3, 0.4) is 0 Å². The first kappa shape index (κ1) is 22.4. The van der Waals surface area contributed by atoms with E-state index in [2.05, 4.69) is 53.3 Å². The Hall–Kier alpha value is -2.38. The summed E-state index contributed by atoms with van der Waals surface area (Å²) >= 11 is 0. The van der Waals surface area contributed by atoms with Crippen LogP contribution in [0.5, 0.6) is 0 Å². The largest absolute Gasteiger partial charge is 0.400 e. The maximum absolute atomic E-state index is 12.9. The topological polar surface area (TPSA) is 91.5 Å². The zero-order chi connectivity index (χ0) is 23.4. The van der Waals surface area contributed by atoms with Crippen LogP contribution < -0.4 is 11.1 Å². The van der Waals surface area contributed by atoms with Gasteiger partial charge < -0.3 is 16.2 Å². The van der Waals surface area contributed by atoms with Gasteiger partial charge in [0.25, 0.3) is 5.91 Å². The fourth-order valence-corrected chi connectivity index (χ4v) is 5.70. The number of nitrogens with two attached hydrogens (primary N) is 1. The van der Waals surface area contributed by atoms with E-state index in [1.165, 1.54) is 18.5 Å². The Balaban J connectivity index is 1.30. The number of aliphatic hydroxyl groups is 1. The molecule has 0 unspecified atom stereocenters. The second-order valence-electron chi connectivity index (χ2n) is 10.7. The lowest BCUT2D eigenvalue weighted by Gasteiger charge is -2.33. The molecule has 3 aliphatic rings. The number of carbonyl (C=O) groups excluding carboxylic acids is 1. The minimum atomic E-state index is -1.13. The number of aromatic nitrogens is 1. The summed E-state index contributed by atoms with van der Waals surface area (Å²) in [4.78, 5) is 19.8. The van der Waals surface area contributed by atoms with Crippen molar-refractivity contribution in [2.24, 2.45) is 5.92 Å². The van der Waals surface area contributed by atoms with Crippen LogP contribution in [-0.2, 0) is 5.41 Å². The molecule has 2 heterocycles. The molecule has 1 saturated heterocycles. The van der Waals surface area contributed by atoms with Gasteiger partial charge >= 0.3 is 0 Å². The molecule has 2 radical (unpaired) electrons. The summed E-state index contributed by atoms with van der Waals surface area (Å²) in [6.07, 6.45) is 5.23. The Labute approximate surface area is 197 Å². The molecule has 2 saturated carbocycles. The van der Waals surface area contributed by atoms with Crippen LogP contribution in [0.2, 0.25) is 0 Å². The molecule has 5 rings (SSSR count). The van der Waals surface area contributed by atoms with Crippen molar-refractivity contribution < 1.29 is 9.90 Å². The van der Waals surface area contributed by atoms with Crippen molar-refractivity contribution in [3.05, 3.63) is 47.7 Å². The number of nitrogens with zero attached hydrogens (tertiary/aromatic N) is 2. The van der Waals surface area contributed by atoms with E-state index >= 15 is 0 Å². The third kappa shape index (κ3) is 4.29. The van der Waals surface area contributed by atoms with Crippen LogP contribution in [0.4, 0.5) is 5.82 Å². The van der Waals surface area contributed by atoms with Gasteiger partial charge in [-0.15, -0.1) is 0 Å². The molecule has 33 heavy (non-hydrogen) atoms. The molecule has 1 aromatic heterocycles. The first-order valence-corrected chi connectivity index (χ1v) is 12.1. The van der Waals surface area contributed by atoms with Gasteiger partial charge in [-0.3, -0.25) is 9.69 Å². The molecule has 4 N–H and O–H groups in total. The van der Waals surface area contributed by atoms with Crippen molar-refractivity contribution in [3.63, 3.8) is 0 Å². The van der Waals surface area contributed by atoms with Crippen LogP contribution in [0, 0.1) is 5.92 Å². The highest BCUT2D eigenvalue weighted by molar-refractivity contribution is 6.14. The molecule has 2 aliphatic carbocycles. The van der Waals surface area contributed by atoms with Gasteiger partial charge in [-0.05, 0) is 69.1 Å². The van der Waals surface area contributed by atoms with Gasteiger partial charge in [0, 0.05) is 47.8 Å². The number of anilines is 1. The zero-order valence-electron chi connectivity index (χ0n) is 19.6. The number of nitrogens with one attached hydrogen (secondary N) is 1. The van der Waals surface area contributed by atoms with Gasteiger partial charge in [-0.2, -0.15) is 0 Å². The molecule has 1 amide bonds. The number of benzene rings is 1. The fraction of sp³-hybridized carbons (Fsp3) is 0.538. The molecular weight excluding hydrogens is 411 g/mol. The van der Waals surface area contributed by atoms with Crippen molar-refractivity contribution in [1.29, 1.82) is 0 Å². The quantitative estimate of drug-likeness (QED) is 0.617. The van der Waals surface area contributed by atoms with Gasteiger partial charge in [-0.25, -0.2) is 4.98 Å². The Kier molecular flexibility index (Phi) is 5.53. The van der Waals surface area contributed by atoms with E-state index in [1.54, 1.807) is 6.20 Å². The number of pyridine rings is 1. The maximum atomic E-state index is 12.9. The van der Waals surface area contributed by atoms with Gasteiger partial charge in [0.15, 0.2) is 0 Å². The van der Waals surface area contributed by atoms with Gasteiger partial charge in [0.2, 0.25) is 0 Å². The van der Waals surface area contributed by atoms with E-state index in [0.717, 1.165) is 23.6 Å². The van der Waals surface area contributed by atoms with Crippen molar-refractivity contribution in [2.45, 2.75) is 69.0 Å². The van der Waals surface area contributed by atoms with E-state index in [9.17, 15) is 9.90 Å². The Morgan fingerprint density at radius 3 is 2.58 bits per heavy atom. The summed E-state index contributed by atoms with van der Waals surface area (Å²) in [5.74, 6) is 0.762. The molecule has 3 fully saturated rings. The molecule has 0 bridgehead atoms. The summed E-state index contributed by atoms with van der Waals surface area (Å²) < 4.78 is 0. The Bertz CT molecular complexity index is 1040. The normalized spacial score (nSPS) is 31.4. The smallest absolute Gasteiger partial charge is 0.255 e. The van der Waals surface area contributed by atoms with Gasteiger partial charge in [0.1, 0.15) is 13.7 Å². The number of carbonyl (C=O) groups is 1. The Morgan fingerprint density at radius 1 is 1.24 bits per heavy atom. The summed E-state index contributed by atoms with van der Waals surface area (Å²) in [6.45, 7) is 6.89. The van der Waals surface area contributed by atoms with Gasteiger partial charge in [0.05, 0.1) is 5.56 Å². The van der Waals surface area contributed by atoms with E-state index in [4.69, 9.17) is 13.6 Å². The fourth-order valence-electron chi connectivity index (χ4n) is 5.70. The van der Waals surface area contributed by atoms with Crippen LogP contribution >= 0.6 is 0 Å².